The third-order valence-corrected chi connectivity index (χ3v) is 4.62. The first-order chi connectivity index (χ1) is 12.7. The lowest BCUT2D eigenvalue weighted by Crippen LogP contribution is -2.39. The van der Waals surface area contributed by atoms with Gasteiger partial charge in [-0.15, -0.1) is 11.8 Å². The molecule has 1 amide bonds. The lowest BCUT2D eigenvalue weighted by atomic mass is 10.1. The Balaban J connectivity index is 1.64. The first-order valence-electron chi connectivity index (χ1n) is 8.66. The van der Waals surface area contributed by atoms with Crippen LogP contribution < -0.4 is 16.0 Å². The van der Waals surface area contributed by atoms with Crippen LogP contribution >= 0.6 is 11.8 Å². The number of anilines is 1. The zero-order valence-electron chi connectivity index (χ0n) is 15.3. The number of hydrogen-bond donors (Lipinski definition) is 3. The Kier molecular flexibility index (Phi) is 8.55. The van der Waals surface area contributed by atoms with Gasteiger partial charge in [-0.25, -0.2) is 0 Å². The first kappa shape index (κ1) is 19.8. The van der Waals surface area contributed by atoms with Crippen molar-refractivity contribution in [1.29, 1.82) is 0 Å². The van der Waals surface area contributed by atoms with Crippen LogP contribution in [0.1, 0.15) is 12.5 Å². The third kappa shape index (κ3) is 7.61. The highest BCUT2D eigenvalue weighted by molar-refractivity contribution is 7.99. The molecule has 0 spiro atoms. The van der Waals surface area contributed by atoms with Crippen molar-refractivity contribution in [3.63, 3.8) is 0 Å². The molecular weight excluding hydrogens is 344 g/mol. The number of nitrogens with zero attached hydrogens (tertiary/aromatic N) is 1. The van der Waals surface area contributed by atoms with Crippen molar-refractivity contribution in [2.45, 2.75) is 18.2 Å². The molecule has 0 aliphatic rings. The number of carbonyl (C=O) groups excluding carboxylic acids is 1. The fourth-order valence-electron chi connectivity index (χ4n) is 2.36. The van der Waals surface area contributed by atoms with Crippen LogP contribution in [0.5, 0.6) is 0 Å². The number of hydrogen-bond acceptors (Lipinski definition) is 3. The quantitative estimate of drug-likeness (QED) is 0.289. The van der Waals surface area contributed by atoms with Gasteiger partial charge in [0.1, 0.15) is 0 Å². The molecule has 0 saturated carbocycles. The Morgan fingerprint density at radius 2 is 1.69 bits per heavy atom. The van der Waals surface area contributed by atoms with Crippen molar-refractivity contribution in [3.8, 4) is 0 Å². The smallest absolute Gasteiger partial charge is 0.221 e. The normalized spacial score (nSPS) is 11.1. The van der Waals surface area contributed by atoms with Crippen LogP contribution in [-0.4, -0.2) is 37.8 Å². The van der Waals surface area contributed by atoms with Crippen LogP contribution in [0, 0.1) is 0 Å². The average molecular weight is 371 g/mol. The molecule has 0 fully saturated rings. The number of carbonyl (C=O) groups is 1. The summed E-state index contributed by atoms with van der Waals surface area (Å²) in [5.41, 5.74) is 2.03. The monoisotopic (exact) mass is 370 g/mol. The van der Waals surface area contributed by atoms with E-state index in [1.807, 2.05) is 42.1 Å². The van der Waals surface area contributed by atoms with E-state index >= 15 is 0 Å². The molecule has 2 aromatic rings. The van der Waals surface area contributed by atoms with Gasteiger partial charge in [0.15, 0.2) is 5.96 Å². The molecule has 0 atom stereocenters. The van der Waals surface area contributed by atoms with E-state index in [2.05, 4.69) is 45.2 Å². The van der Waals surface area contributed by atoms with Crippen molar-refractivity contribution in [3.05, 3.63) is 60.2 Å². The number of benzene rings is 2. The van der Waals surface area contributed by atoms with E-state index in [0.29, 0.717) is 0 Å². The van der Waals surface area contributed by atoms with Crippen LogP contribution in [0.15, 0.2) is 64.5 Å². The second kappa shape index (κ2) is 11.2. The molecule has 0 bridgehead atoms. The Morgan fingerprint density at radius 1 is 1.00 bits per heavy atom. The predicted molar refractivity (Wildman–Crippen MR) is 111 cm³/mol. The molecule has 138 valence electrons. The van der Waals surface area contributed by atoms with E-state index in [1.165, 1.54) is 17.4 Å². The number of nitrogens with one attached hydrogen (secondary N) is 3. The summed E-state index contributed by atoms with van der Waals surface area (Å²) < 4.78 is 0. The maximum Gasteiger partial charge on any atom is 0.221 e. The van der Waals surface area contributed by atoms with Crippen molar-refractivity contribution in [2.75, 3.05) is 31.2 Å². The van der Waals surface area contributed by atoms with Gasteiger partial charge in [-0.3, -0.25) is 9.79 Å². The lowest BCUT2D eigenvalue weighted by Gasteiger charge is -2.12. The number of rotatable bonds is 8. The summed E-state index contributed by atoms with van der Waals surface area (Å²) >= 11 is 1.82. The molecule has 6 heteroatoms. The topological polar surface area (TPSA) is 65.5 Å². The minimum atomic E-state index is -0.0558. The second-order valence-electron chi connectivity index (χ2n) is 5.72. The van der Waals surface area contributed by atoms with Crippen LogP contribution in [-0.2, 0) is 11.2 Å². The molecule has 0 aliphatic carbocycles. The standard InChI is InChI=1S/C20H26N4OS/c1-16(25)24-18-10-8-17(9-11-18)12-13-22-20(21-2)23-14-15-26-19-6-4-3-5-7-19/h3-11H,12-15H2,1-2H3,(H,24,25)(H2,21,22,23). The minimum Gasteiger partial charge on any atom is -0.356 e. The third-order valence-electron chi connectivity index (χ3n) is 3.61. The Hall–Kier alpha value is -2.47. The zero-order valence-corrected chi connectivity index (χ0v) is 16.1. The van der Waals surface area contributed by atoms with Gasteiger partial charge >= 0.3 is 0 Å². The fourth-order valence-corrected chi connectivity index (χ4v) is 3.15. The maximum atomic E-state index is 11.0. The highest BCUT2D eigenvalue weighted by Crippen LogP contribution is 2.15. The van der Waals surface area contributed by atoms with E-state index < -0.39 is 0 Å². The summed E-state index contributed by atoms with van der Waals surface area (Å²) in [6, 6.07) is 18.3. The summed E-state index contributed by atoms with van der Waals surface area (Å²) in [4.78, 5) is 16.6. The maximum absolute atomic E-state index is 11.0. The molecule has 0 heterocycles. The van der Waals surface area contributed by atoms with E-state index in [9.17, 15) is 4.79 Å². The molecule has 0 radical (unpaired) electrons. The van der Waals surface area contributed by atoms with Gasteiger partial charge in [-0.1, -0.05) is 30.3 Å². The van der Waals surface area contributed by atoms with Crippen LogP contribution in [0.3, 0.4) is 0 Å². The van der Waals surface area contributed by atoms with Crippen molar-refractivity contribution < 1.29 is 4.79 Å². The number of thioether (sulfide) groups is 1. The molecule has 3 N–H and O–H groups in total. The van der Waals surface area contributed by atoms with Gasteiger partial charge in [0.2, 0.25) is 5.91 Å². The number of amides is 1. The second-order valence-corrected chi connectivity index (χ2v) is 6.88. The number of aliphatic imine (C=N–C) groups is 1. The summed E-state index contributed by atoms with van der Waals surface area (Å²) in [6.45, 7) is 3.16. The highest BCUT2D eigenvalue weighted by Gasteiger charge is 2.00. The molecule has 26 heavy (non-hydrogen) atoms. The molecule has 5 nitrogen and oxygen atoms in total. The molecule has 2 aromatic carbocycles. The van der Waals surface area contributed by atoms with Crippen molar-refractivity contribution >= 4 is 29.3 Å². The van der Waals surface area contributed by atoms with E-state index in [0.717, 1.165) is 36.9 Å². The van der Waals surface area contributed by atoms with E-state index in [1.54, 1.807) is 7.05 Å². The zero-order chi connectivity index (χ0) is 18.6. The largest absolute Gasteiger partial charge is 0.356 e. The van der Waals surface area contributed by atoms with Gasteiger partial charge in [0.05, 0.1) is 0 Å². The first-order valence-corrected chi connectivity index (χ1v) is 9.65. The highest BCUT2D eigenvalue weighted by atomic mass is 32.2. The fraction of sp³-hybridized carbons (Fsp3) is 0.300. The van der Waals surface area contributed by atoms with Gasteiger partial charge in [-0.05, 0) is 36.2 Å². The van der Waals surface area contributed by atoms with Gasteiger partial charge < -0.3 is 16.0 Å². The summed E-state index contributed by atoms with van der Waals surface area (Å²) in [7, 11) is 1.78. The molecule has 0 aliphatic heterocycles. The summed E-state index contributed by atoms with van der Waals surface area (Å²) in [5.74, 6) is 1.74. The average Bonchev–Trinajstić information content (AvgIpc) is 2.65. The van der Waals surface area contributed by atoms with Gasteiger partial charge in [-0.2, -0.15) is 0 Å². The molecular formula is C20H26N4OS. The summed E-state index contributed by atoms with van der Waals surface area (Å²) in [6.07, 6.45) is 0.889. The summed E-state index contributed by atoms with van der Waals surface area (Å²) in [5, 5.41) is 9.42. The van der Waals surface area contributed by atoms with Crippen LogP contribution in [0.4, 0.5) is 5.69 Å². The Morgan fingerprint density at radius 3 is 2.35 bits per heavy atom. The lowest BCUT2D eigenvalue weighted by molar-refractivity contribution is -0.114. The van der Waals surface area contributed by atoms with Crippen molar-refractivity contribution in [1.82, 2.24) is 10.6 Å². The van der Waals surface area contributed by atoms with Gasteiger partial charge in [0.25, 0.3) is 0 Å². The Bertz CT molecular complexity index is 702. The molecule has 0 saturated heterocycles. The minimum absolute atomic E-state index is 0.0558. The van der Waals surface area contributed by atoms with Crippen LogP contribution in [0.2, 0.25) is 0 Å². The number of guanidine groups is 1. The molecule has 2 rings (SSSR count). The SMILES string of the molecule is CN=C(NCCSc1ccccc1)NCCc1ccc(NC(C)=O)cc1. The van der Waals surface area contributed by atoms with E-state index in [-0.39, 0.29) is 5.91 Å². The van der Waals surface area contributed by atoms with E-state index in [4.69, 9.17) is 0 Å². The Labute approximate surface area is 159 Å². The molecule has 0 unspecified atom stereocenters. The predicted octanol–water partition coefficient (Wildman–Crippen LogP) is 3.14. The van der Waals surface area contributed by atoms with Gasteiger partial charge in [0, 0.05) is 43.4 Å². The van der Waals surface area contributed by atoms with Crippen LogP contribution in [0.25, 0.3) is 0 Å². The van der Waals surface area contributed by atoms with Crippen molar-refractivity contribution in [2.24, 2.45) is 4.99 Å². The molecule has 0 aromatic heterocycles.